The van der Waals surface area contributed by atoms with E-state index in [0.717, 1.165) is 49.7 Å². The average Bonchev–Trinajstić information content (AvgIpc) is 3.57. The first kappa shape index (κ1) is 39.8. The van der Waals surface area contributed by atoms with E-state index in [1.165, 1.54) is 0 Å². The molecular formula is C50H51N3O5. The van der Waals surface area contributed by atoms with Gasteiger partial charge in [0.2, 0.25) is 11.8 Å². The first-order valence-electron chi connectivity index (χ1n) is 20.0. The Labute approximate surface area is 341 Å². The fourth-order valence-electron chi connectivity index (χ4n) is 8.07. The summed E-state index contributed by atoms with van der Waals surface area (Å²) in [5.41, 5.74) is 5.95. The zero-order chi connectivity index (χ0) is 40.8. The summed E-state index contributed by atoms with van der Waals surface area (Å²) >= 11 is 0. The number of carbonyl (C=O) groups is 3. The molecule has 0 fully saturated rings. The summed E-state index contributed by atoms with van der Waals surface area (Å²) < 4.78 is 11.9. The van der Waals surface area contributed by atoms with Gasteiger partial charge in [-0.2, -0.15) is 0 Å². The summed E-state index contributed by atoms with van der Waals surface area (Å²) in [4.78, 5) is 44.3. The van der Waals surface area contributed by atoms with E-state index in [0.29, 0.717) is 12.4 Å². The topological polar surface area (TPSA) is 97.0 Å². The third-order valence-corrected chi connectivity index (χ3v) is 11.3. The maximum Gasteiger partial charge on any atom is 0.407 e. The number of hydrogen-bond acceptors (Lipinski definition) is 5. The molecule has 0 heterocycles. The largest absolute Gasteiger partial charge is 0.489 e. The molecule has 6 aromatic carbocycles. The minimum atomic E-state index is -1.40. The van der Waals surface area contributed by atoms with E-state index in [4.69, 9.17) is 9.47 Å². The van der Waals surface area contributed by atoms with Gasteiger partial charge < -0.3 is 25.0 Å². The minimum absolute atomic E-state index is 0.115. The van der Waals surface area contributed by atoms with Crippen LogP contribution in [0.5, 0.6) is 5.75 Å². The second kappa shape index (κ2) is 17.4. The van der Waals surface area contributed by atoms with E-state index < -0.39 is 23.6 Å². The summed E-state index contributed by atoms with van der Waals surface area (Å²) in [6.07, 6.45) is -0.504. The number of hydrogen-bond donors (Lipinski definition) is 2. The third kappa shape index (κ3) is 8.61. The van der Waals surface area contributed by atoms with Gasteiger partial charge in [0, 0.05) is 19.4 Å². The molecule has 0 bridgehead atoms. The van der Waals surface area contributed by atoms with Crippen molar-refractivity contribution in [1.82, 2.24) is 15.5 Å². The van der Waals surface area contributed by atoms with E-state index in [1.807, 2.05) is 124 Å². The Morgan fingerprint density at radius 1 is 0.707 bits per heavy atom. The van der Waals surface area contributed by atoms with Gasteiger partial charge in [-0.15, -0.1) is 0 Å². The summed E-state index contributed by atoms with van der Waals surface area (Å²) in [7, 11) is 1.77. The minimum Gasteiger partial charge on any atom is -0.489 e. The lowest BCUT2D eigenvalue weighted by Crippen LogP contribution is -2.62. The molecule has 0 saturated carbocycles. The number of benzene rings is 6. The molecule has 1 aliphatic rings. The van der Waals surface area contributed by atoms with Crippen LogP contribution in [0.2, 0.25) is 0 Å². The molecule has 3 amide bonds. The van der Waals surface area contributed by atoms with Crippen molar-refractivity contribution in [3.05, 3.63) is 173 Å². The van der Waals surface area contributed by atoms with E-state index in [-0.39, 0.29) is 36.8 Å². The standard InChI is InChI=1S/C50H51N3O5/c1-33(2)46(51-49(56)58-32-45-43-23-13-11-21-41(43)42-22-12-14-24-44(42)45)47(54)52-50(4,30-35-26-28-38(29-27-35)57-31-36-16-7-6-8-17-36)48(55)53(5)34(3)39-25-15-19-37-18-9-10-20-40(37)39/h6-29,33-34,45-46H,30-32H2,1-5H3,(H,51,56)(H,52,54)/t34-,46+,50+/m1/s1. The summed E-state index contributed by atoms with van der Waals surface area (Å²) in [6.45, 7) is 8.01. The highest BCUT2D eigenvalue weighted by Gasteiger charge is 2.41. The molecule has 1 aliphatic carbocycles. The van der Waals surface area contributed by atoms with E-state index >= 15 is 0 Å². The Morgan fingerprint density at radius 3 is 1.98 bits per heavy atom. The molecule has 0 saturated heterocycles. The molecule has 8 heteroatoms. The number of alkyl carbamates (subject to hydrolysis) is 1. The van der Waals surface area contributed by atoms with Gasteiger partial charge in [0.25, 0.3) is 0 Å². The molecule has 0 radical (unpaired) electrons. The lowest BCUT2D eigenvalue weighted by atomic mass is 9.88. The van der Waals surface area contributed by atoms with Crippen LogP contribution in [0.1, 0.15) is 67.5 Å². The zero-order valence-corrected chi connectivity index (χ0v) is 33.8. The Balaban J connectivity index is 1.09. The summed E-state index contributed by atoms with van der Waals surface area (Å²) in [6, 6.07) is 46.7. The highest BCUT2D eigenvalue weighted by atomic mass is 16.5. The Kier molecular flexibility index (Phi) is 11.9. The maximum absolute atomic E-state index is 14.8. The van der Waals surface area contributed by atoms with Gasteiger partial charge in [0.15, 0.2) is 0 Å². The van der Waals surface area contributed by atoms with Crippen molar-refractivity contribution in [2.45, 2.75) is 64.3 Å². The van der Waals surface area contributed by atoms with E-state index in [2.05, 4.69) is 53.1 Å². The Bertz CT molecular complexity index is 2340. The van der Waals surface area contributed by atoms with Gasteiger partial charge in [-0.1, -0.05) is 147 Å². The fraction of sp³-hybridized carbons (Fsp3) is 0.260. The number of likely N-dealkylation sites (N-methyl/N-ethyl adjacent to an activating group) is 1. The zero-order valence-electron chi connectivity index (χ0n) is 33.8. The molecular weight excluding hydrogens is 723 g/mol. The van der Waals surface area contributed by atoms with Gasteiger partial charge >= 0.3 is 6.09 Å². The number of nitrogens with zero attached hydrogens (tertiary/aromatic N) is 1. The molecule has 0 aliphatic heterocycles. The second-order valence-corrected chi connectivity index (χ2v) is 15.8. The maximum atomic E-state index is 14.8. The number of rotatable bonds is 14. The predicted octanol–water partition coefficient (Wildman–Crippen LogP) is 9.62. The van der Waals surface area contributed by atoms with Gasteiger partial charge in [-0.3, -0.25) is 9.59 Å². The van der Waals surface area contributed by atoms with Crippen LogP contribution in [0.15, 0.2) is 146 Å². The van der Waals surface area contributed by atoms with Crippen molar-refractivity contribution in [1.29, 1.82) is 0 Å². The molecule has 2 N–H and O–H groups in total. The fourth-order valence-corrected chi connectivity index (χ4v) is 8.07. The monoisotopic (exact) mass is 773 g/mol. The highest BCUT2D eigenvalue weighted by Crippen LogP contribution is 2.44. The van der Waals surface area contributed by atoms with Crippen LogP contribution in [0.25, 0.3) is 21.9 Å². The number of carbonyl (C=O) groups excluding carboxylic acids is 3. The molecule has 7 rings (SSSR count). The molecule has 6 aromatic rings. The van der Waals surface area contributed by atoms with Gasteiger partial charge in [0.05, 0.1) is 6.04 Å². The summed E-state index contributed by atoms with van der Waals surface area (Å²) in [5.74, 6) is -0.491. The predicted molar refractivity (Wildman–Crippen MR) is 229 cm³/mol. The number of fused-ring (bicyclic) bond motifs is 4. The van der Waals surface area contributed by atoms with Crippen LogP contribution >= 0.6 is 0 Å². The first-order chi connectivity index (χ1) is 28.0. The molecule has 0 unspecified atom stereocenters. The van der Waals surface area contributed by atoms with Crippen molar-refractivity contribution < 1.29 is 23.9 Å². The normalized spacial score (nSPS) is 14.1. The van der Waals surface area contributed by atoms with Crippen molar-refractivity contribution in [2.75, 3.05) is 13.7 Å². The smallest absolute Gasteiger partial charge is 0.407 e. The number of ether oxygens (including phenoxy) is 2. The van der Waals surface area contributed by atoms with Crippen molar-refractivity contribution in [3.63, 3.8) is 0 Å². The van der Waals surface area contributed by atoms with Crippen molar-refractivity contribution >= 4 is 28.7 Å². The third-order valence-electron chi connectivity index (χ3n) is 11.3. The average molecular weight is 774 g/mol. The second-order valence-electron chi connectivity index (χ2n) is 15.8. The number of nitrogens with one attached hydrogen (secondary N) is 2. The number of amides is 3. The van der Waals surface area contributed by atoms with Crippen LogP contribution in [0, 0.1) is 5.92 Å². The molecule has 58 heavy (non-hydrogen) atoms. The SMILES string of the molecule is CC(C)[C@H](NC(=O)OCC1c2ccccc2-c2ccccc21)C(=O)N[C@@](C)(Cc1ccc(OCc2ccccc2)cc1)C(=O)N(C)[C@H](C)c1cccc2ccccc12. The van der Waals surface area contributed by atoms with Crippen LogP contribution in [0.3, 0.4) is 0 Å². The van der Waals surface area contributed by atoms with Crippen molar-refractivity contribution in [3.8, 4) is 16.9 Å². The van der Waals surface area contributed by atoms with Crippen LogP contribution in [0.4, 0.5) is 4.79 Å². The Hall–Kier alpha value is -6.41. The van der Waals surface area contributed by atoms with Crippen LogP contribution < -0.4 is 15.4 Å². The molecule has 296 valence electrons. The van der Waals surface area contributed by atoms with Gasteiger partial charge in [-0.05, 0) is 81.6 Å². The lowest BCUT2D eigenvalue weighted by Gasteiger charge is -2.38. The molecule has 0 spiro atoms. The molecule has 8 nitrogen and oxygen atoms in total. The first-order valence-corrected chi connectivity index (χ1v) is 20.0. The lowest BCUT2D eigenvalue weighted by molar-refractivity contribution is -0.142. The van der Waals surface area contributed by atoms with Crippen LogP contribution in [-0.4, -0.2) is 48.0 Å². The van der Waals surface area contributed by atoms with Gasteiger partial charge in [-0.25, -0.2) is 4.79 Å². The summed E-state index contributed by atoms with van der Waals surface area (Å²) in [5, 5.41) is 8.08. The van der Waals surface area contributed by atoms with E-state index in [1.54, 1.807) is 18.9 Å². The van der Waals surface area contributed by atoms with E-state index in [9.17, 15) is 14.4 Å². The highest BCUT2D eigenvalue weighted by molar-refractivity contribution is 5.95. The van der Waals surface area contributed by atoms with Crippen LogP contribution in [-0.2, 0) is 27.4 Å². The molecule has 3 atom stereocenters. The molecule has 0 aromatic heterocycles. The van der Waals surface area contributed by atoms with Gasteiger partial charge in [0.1, 0.15) is 30.5 Å². The quantitative estimate of drug-likeness (QED) is 0.115. The Morgan fingerprint density at radius 2 is 1.31 bits per heavy atom. The van der Waals surface area contributed by atoms with Crippen molar-refractivity contribution in [2.24, 2.45) is 5.92 Å².